The number of alkyl halides is 6. The van der Waals surface area contributed by atoms with E-state index in [-0.39, 0.29) is 42.9 Å². The van der Waals surface area contributed by atoms with Gasteiger partial charge < -0.3 is 19.9 Å². The van der Waals surface area contributed by atoms with Gasteiger partial charge in [0.25, 0.3) is 5.60 Å². The molecule has 246 valence electrons. The summed E-state index contributed by atoms with van der Waals surface area (Å²) in [4.78, 5) is 25.2. The lowest BCUT2D eigenvalue weighted by Gasteiger charge is -2.33. The number of urea groups is 1. The van der Waals surface area contributed by atoms with E-state index in [9.17, 15) is 41.0 Å². The summed E-state index contributed by atoms with van der Waals surface area (Å²) in [5.74, 6) is 0.869. The monoisotopic (exact) mass is 634 g/mol. The first kappa shape index (κ1) is 36.7. The summed E-state index contributed by atoms with van der Waals surface area (Å²) in [5, 5.41) is 12.7. The molecule has 0 saturated heterocycles. The summed E-state index contributed by atoms with van der Waals surface area (Å²) in [6, 6.07) is 7.58. The summed E-state index contributed by atoms with van der Waals surface area (Å²) >= 11 is 0. The van der Waals surface area contributed by atoms with Crippen LogP contribution in [0.15, 0.2) is 36.4 Å². The highest BCUT2D eigenvalue weighted by atomic mass is 19.4. The Morgan fingerprint density at radius 2 is 1.48 bits per heavy atom. The molecule has 0 heterocycles. The second-order valence-corrected chi connectivity index (χ2v) is 10.4. The number of hydrogen-bond donors (Lipinski definition) is 2. The van der Waals surface area contributed by atoms with E-state index in [1.54, 1.807) is 45.0 Å². The van der Waals surface area contributed by atoms with Crippen LogP contribution in [0.5, 0.6) is 11.5 Å². The van der Waals surface area contributed by atoms with Gasteiger partial charge in [0.2, 0.25) is 6.41 Å². The molecule has 1 atom stereocenters. The van der Waals surface area contributed by atoms with Gasteiger partial charge in [-0.15, -0.1) is 0 Å². The number of aryl methyl sites for hydroxylation is 2. The number of nitrogens with one attached hydrogen (secondary N) is 1. The van der Waals surface area contributed by atoms with Gasteiger partial charge in [-0.3, -0.25) is 9.69 Å². The number of hydrogen-bond acceptors (Lipinski definition) is 5. The van der Waals surface area contributed by atoms with Crippen LogP contribution < -0.4 is 14.8 Å². The second-order valence-electron chi connectivity index (χ2n) is 10.4. The Morgan fingerprint density at radius 1 is 0.932 bits per heavy atom. The molecule has 0 fully saturated rings. The van der Waals surface area contributed by atoms with Crippen molar-refractivity contribution >= 4 is 12.4 Å². The molecule has 2 aromatic rings. The van der Waals surface area contributed by atoms with Crippen LogP contribution in [0.2, 0.25) is 0 Å². The Hall–Kier alpha value is -3.48. The number of carbonyl (C=O) groups excluding carboxylic acids is 2. The van der Waals surface area contributed by atoms with Gasteiger partial charge in [0.05, 0.1) is 19.3 Å². The van der Waals surface area contributed by atoms with Crippen molar-refractivity contribution < 1.29 is 50.5 Å². The number of aliphatic hydroxyl groups is 1. The van der Waals surface area contributed by atoms with Crippen LogP contribution >= 0.6 is 0 Å². The van der Waals surface area contributed by atoms with Gasteiger partial charge >= 0.3 is 18.4 Å². The molecule has 13 heteroatoms. The first-order valence-corrected chi connectivity index (χ1v) is 14.5. The quantitative estimate of drug-likeness (QED) is 0.114. The van der Waals surface area contributed by atoms with Crippen molar-refractivity contribution in [3.05, 3.63) is 58.7 Å². The Bertz CT molecular complexity index is 1180. The largest absolute Gasteiger partial charge is 0.494 e. The number of imide groups is 1. The van der Waals surface area contributed by atoms with Crippen LogP contribution in [-0.2, 0) is 23.2 Å². The van der Waals surface area contributed by atoms with Crippen LogP contribution in [0.25, 0.3) is 0 Å². The predicted octanol–water partition coefficient (Wildman–Crippen LogP) is 7.39. The molecule has 7 nitrogen and oxygen atoms in total. The number of halogens is 6. The number of carbonyl (C=O) groups is 2. The van der Waals surface area contributed by atoms with Crippen molar-refractivity contribution in [1.82, 2.24) is 10.2 Å². The Balaban J connectivity index is 2.10. The zero-order valence-electron chi connectivity index (χ0n) is 25.3. The van der Waals surface area contributed by atoms with Crippen LogP contribution in [0.1, 0.15) is 81.7 Å². The average Bonchev–Trinajstić information content (AvgIpc) is 2.95. The predicted molar refractivity (Wildman–Crippen MR) is 152 cm³/mol. The van der Waals surface area contributed by atoms with E-state index in [1.165, 1.54) is 0 Å². The molecule has 2 N–H and O–H groups in total. The topological polar surface area (TPSA) is 88.1 Å². The summed E-state index contributed by atoms with van der Waals surface area (Å²) in [6.45, 7) is 7.67. The van der Waals surface area contributed by atoms with E-state index in [1.807, 2.05) is 6.92 Å². The van der Waals surface area contributed by atoms with E-state index in [2.05, 4.69) is 5.32 Å². The van der Waals surface area contributed by atoms with Crippen molar-refractivity contribution in [1.29, 1.82) is 0 Å². The molecule has 0 aliphatic carbocycles. The summed E-state index contributed by atoms with van der Waals surface area (Å²) in [5.41, 5.74) is -5.28. The summed E-state index contributed by atoms with van der Waals surface area (Å²) < 4.78 is 92.8. The van der Waals surface area contributed by atoms with Crippen LogP contribution in [0.4, 0.5) is 31.1 Å². The van der Waals surface area contributed by atoms with Crippen LogP contribution in [-0.4, -0.2) is 54.6 Å². The van der Waals surface area contributed by atoms with E-state index in [0.717, 1.165) is 10.5 Å². The maximum atomic E-state index is 13.6. The van der Waals surface area contributed by atoms with E-state index < -0.39 is 35.6 Å². The smallest absolute Gasteiger partial charge is 0.430 e. The van der Waals surface area contributed by atoms with Gasteiger partial charge in [-0.25, -0.2) is 4.79 Å². The molecule has 0 saturated carbocycles. The summed E-state index contributed by atoms with van der Waals surface area (Å²) in [6.07, 6.45) is -9.88. The van der Waals surface area contributed by atoms with E-state index >= 15 is 0 Å². The van der Waals surface area contributed by atoms with Crippen LogP contribution in [0.3, 0.4) is 0 Å². The Labute approximate surface area is 253 Å². The molecule has 0 aromatic heterocycles. The highest BCUT2D eigenvalue weighted by Crippen LogP contribution is 2.51. The molecule has 0 aliphatic heterocycles. The molecular formula is C31H40F6N2O5. The molecule has 1 unspecified atom stereocenters. The fourth-order valence-electron chi connectivity index (χ4n) is 4.68. The van der Waals surface area contributed by atoms with Gasteiger partial charge in [0, 0.05) is 12.1 Å². The molecule has 2 aromatic carbocycles. The minimum absolute atomic E-state index is 0.0342. The zero-order valence-corrected chi connectivity index (χ0v) is 25.3. The SMILES string of the molecule is CCCc1cc(C(O)(C(F)(F)F)C(F)(F)F)cc(CCC)c1OCCCCN(C=O)C(=O)NC(C)c1ccc(OCC)cc1. The van der Waals surface area contributed by atoms with E-state index in [4.69, 9.17) is 9.47 Å². The molecule has 44 heavy (non-hydrogen) atoms. The fraction of sp³-hybridized carbons (Fsp3) is 0.548. The lowest BCUT2D eigenvalue weighted by molar-refractivity contribution is -0.376. The number of ether oxygens (including phenoxy) is 2. The van der Waals surface area contributed by atoms with Gasteiger partial charge in [0.15, 0.2) is 0 Å². The van der Waals surface area contributed by atoms with Crippen LogP contribution in [0, 0.1) is 0 Å². The molecule has 0 radical (unpaired) electrons. The zero-order chi connectivity index (χ0) is 33.1. The summed E-state index contributed by atoms with van der Waals surface area (Å²) in [7, 11) is 0. The molecule has 2 rings (SSSR count). The lowest BCUT2D eigenvalue weighted by Crippen LogP contribution is -2.54. The highest BCUT2D eigenvalue weighted by Gasteiger charge is 2.71. The average molecular weight is 635 g/mol. The third-order valence-corrected chi connectivity index (χ3v) is 6.98. The number of unbranched alkanes of at least 4 members (excludes halogenated alkanes) is 1. The number of nitrogens with zero attached hydrogens (tertiary/aromatic N) is 1. The van der Waals surface area contributed by atoms with Crippen molar-refractivity contribution in [3.8, 4) is 11.5 Å². The normalized spacial score (nSPS) is 12.9. The highest BCUT2D eigenvalue weighted by molar-refractivity contribution is 5.84. The second kappa shape index (κ2) is 16.0. The first-order chi connectivity index (χ1) is 20.6. The maximum absolute atomic E-state index is 13.6. The van der Waals surface area contributed by atoms with Gasteiger partial charge in [0.1, 0.15) is 11.5 Å². The minimum atomic E-state index is -6.00. The number of benzene rings is 2. The van der Waals surface area contributed by atoms with Gasteiger partial charge in [-0.1, -0.05) is 38.8 Å². The molecule has 0 bridgehead atoms. The first-order valence-electron chi connectivity index (χ1n) is 14.5. The lowest BCUT2D eigenvalue weighted by atomic mass is 9.87. The number of amides is 3. The van der Waals surface area contributed by atoms with Crippen molar-refractivity contribution in [3.63, 3.8) is 0 Å². The molecular weight excluding hydrogens is 594 g/mol. The van der Waals surface area contributed by atoms with Crippen molar-refractivity contribution in [2.24, 2.45) is 0 Å². The Morgan fingerprint density at radius 3 is 1.93 bits per heavy atom. The van der Waals surface area contributed by atoms with Crippen molar-refractivity contribution in [2.75, 3.05) is 19.8 Å². The molecule has 0 spiro atoms. The van der Waals surface area contributed by atoms with Gasteiger partial charge in [-0.2, -0.15) is 26.3 Å². The fourth-order valence-corrected chi connectivity index (χ4v) is 4.68. The maximum Gasteiger partial charge on any atom is 0.430 e. The van der Waals surface area contributed by atoms with E-state index in [0.29, 0.717) is 56.6 Å². The third kappa shape index (κ3) is 9.02. The standard InChI is InChI=1S/C31H40F6N2O5/c1-5-10-23-18-25(29(42,30(32,33)34)31(35,36)37)19-24(11-6-2)27(23)44-17-9-8-16-39(20-40)28(41)38-21(4)22-12-14-26(15-13-22)43-7-3/h12-15,18-21,42H,5-11,16-17H2,1-4H3,(H,38,41). The number of rotatable bonds is 16. The van der Waals surface area contributed by atoms with Crippen molar-refractivity contribution in [2.45, 2.75) is 90.2 Å². The Kier molecular flexibility index (Phi) is 13.4. The third-order valence-electron chi connectivity index (χ3n) is 6.98. The van der Waals surface area contributed by atoms with Gasteiger partial charge in [-0.05, 0) is 80.5 Å². The minimum Gasteiger partial charge on any atom is -0.494 e. The molecule has 3 amide bonds. The molecule has 0 aliphatic rings.